The number of ether oxygens (including phenoxy) is 1. The first kappa shape index (κ1) is 18.4. The lowest BCUT2D eigenvalue weighted by Crippen LogP contribution is -2.39. The fourth-order valence-electron chi connectivity index (χ4n) is 1.94. The molecule has 0 spiro atoms. The standard InChI is InChI=1S/C15H21N3O5/c1-4-7-13-8-5-6-9-15(13)22-11-14(23-18(20)21)10-17(16-19)12(2)3/h4-6,8-9,12,14H,1,7,10-11H2,2-3H3. The van der Waals surface area contributed by atoms with Crippen LogP contribution in [-0.4, -0.2) is 35.4 Å². The molecule has 126 valence electrons. The van der Waals surface area contributed by atoms with Gasteiger partial charge in [0.05, 0.1) is 11.8 Å². The van der Waals surface area contributed by atoms with Gasteiger partial charge in [-0.25, -0.2) is 0 Å². The molecule has 1 rings (SSSR count). The summed E-state index contributed by atoms with van der Waals surface area (Å²) >= 11 is 0. The predicted octanol–water partition coefficient (Wildman–Crippen LogP) is 2.76. The van der Waals surface area contributed by atoms with Crippen molar-refractivity contribution in [2.24, 2.45) is 5.29 Å². The lowest BCUT2D eigenvalue weighted by atomic mass is 10.1. The minimum Gasteiger partial charge on any atom is -0.491 e. The molecular formula is C15H21N3O5. The Labute approximate surface area is 134 Å². The average Bonchev–Trinajstić information content (AvgIpc) is 2.50. The molecular weight excluding hydrogens is 302 g/mol. The van der Waals surface area contributed by atoms with E-state index >= 15 is 0 Å². The van der Waals surface area contributed by atoms with Crippen LogP contribution in [0.3, 0.4) is 0 Å². The van der Waals surface area contributed by atoms with E-state index in [1.54, 1.807) is 32.1 Å². The summed E-state index contributed by atoms with van der Waals surface area (Å²) in [4.78, 5) is 26.0. The quantitative estimate of drug-likeness (QED) is 0.269. The van der Waals surface area contributed by atoms with Crippen molar-refractivity contribution < 1.29 is 14.7 Å². The SMILES string of the molecule is C=CCc1ccccc1OCC(CN(N=O)C(C)C)O[N+](=O)[O-]. The van der Waals surface area contributed by atoms with Gasteiger partial charge in [0.15, 0.2) is 6.10 Å². The third-order valence-electron chi connectivity index (χ3n) is 3.09. The van der Waals surface area contributed by atoms with Crippen LogP contribution in [0.4, 0.5) is 0 Å². The van der Waals surface area contributed by atoms with Crippen LogP contribution in [0.5, 0.6) is 5.75 Å². The summed E-state index contributed by atoms with van der Waals surface area (Å²) in [7, 11) is 0. The van der Waals surface area contributed by atoms with Gasteiger partial charge in [0.25, 0.3) is 5.09 Å². The smallest absolute Gasteiger partial charge is 0.294 e. The Morgan fingerprint density at radius 1 is 1.43 bits per heavy atom. The second-order valence-electron chi connectivity index (χ2n) is 5.16. The highest BCUT2D eigenvalue weighted by molar-refractivity contribution is 5.34. The molecule has 0 aromatic heterocycles. The average molecular weight is 323 g/mol. The second-order valence-corrected chi connectivity index (χ2v) is 5.16. The van der Waals surface area contributed by atoms with E-state index in [0.717, 1.165) is 5.56 Å². The molecule has 1 aromatic rings. The summed E-state index contributed by atoms with van der Waals surface area (Å²) in [6, 6.07) is 7.12. The molecule has 0 saturated heterocycles. The van der Waals surface area contributed by atoms with Crippen LogP contribution in [0, 0.1) is 15.0 Å². The van der Waals surface area contributed by atoms with E-state index in [1.807, 2.05) is 12.1 Å². The molecule has 0 aliphatic rings. The van der Waals surface area contributed by atoms with Gasteiger partial charge in [0.2, 0.25) is 0 Å². The molecule has 0 amide bonds. The third-order valence-corrected chi connectivity index (χ3v) is 3.09. The first-order valence-electron chi connectivity index (χ1n) is 7.20. The Kier molecular flexibility index (Phi) is 7.52. The Bertz CT molecular complexity index is 536. The van der Waals surface area contributed by atoms with Crippen LogP contribution in [-0.2, 0) is 11.3 Å². The van der Waals surface area contributed by atoms with Crippen molar-refractivity contribution >= 4 is 0 Å². The highest BCUT2D eigenvalue weighted by Crippen LogP contribution is 2.19. The van der Waals surface area contributed by atoms with Crippen molar-refractivity contribution in [3.63, 3.8) is 0 Å². The zero-order valence-electron chi connectivity index (χ0n) is 13.3. The van der Waals surface area contributed by atoms with Crippen molar-refractivity contribution in [3.05, 3.63) is 57.5 Å². The molecule has 8 heteroatoms. The molecule has 1 atom stereocenters. The van der Waals surface area contributed by atoms with E-state index in [0.29, 0.717) is 12.2 Å². The van der Waals surface area contributed by atoms with Crippen LogP contribution in [0.2, 0.25) is 0 Å². The van der Waals surface area contributed by atoms with Gasteiger partial charge in [0, 0.05) is 6.04 Å². The van der Waals surface area contributed by atoms with E-state index < -0.39 is 11.2 Å². The van der Waals surface area contributed by atoms with Gasteiger partial charge in [0.1, 0.15) is 12.4 Å². The number of rotatable bonds is 11. The summed E-state index contributed by atoms with van der Waals surface area (Å²) in [5, 5.41) is 13.7. The summed E-state index contributed by atoms with van der Waals surface area (Å²) in [6.45, 7) is 7.08. The predicted molar refractivity (Wildman–Crippen MR) is 85.3 cm³/mol. The topological polar surface area (TPSA) is 94.3 Å². The highest BCUT2D eigenvalue weighted by atomic mass is 17.0. The van der Waals surface area contributed by atoms with Crippen LogP contribution >= 0.6 is 0 Å². The largest absolute Gasteiger partial charge is 0.491 e. The Morgan fingerprint density at radius 2 is 2.13 bits per heavy atom. The highest BCUT2D eigenvalue weighted by Gasteiger charge is 2.21. The molecule has 0 fully saturated rings. The van der Waals surface area contributed by atoms with Crippen molar-refractivity contribution in [1.82, 2.24) is 5.01 Å². The molecule has 0 heterocycles. The van der Waals surface area contributed by atoms with E-state index in [1.165, 1.54) is 5.01 Å². The first-order valence-corrected chi connectivity index (χ1v) is 7.20. The molecule has 23 heavy (non-hydrogen) atoms. The summed E-state index contributed by atoms with van der Waals surface area (Å²) in [5.74, 6) is 0.597. The van der Waals surface area contributed by atoms with Crippen molar-refractivity contribution in [2.45, 2.75) is 32.4 Å². The Balaban J connectivity index is 2.76. The number of benzene rings is 1. The second kappa shape index (κ2) is 9.39. The number of hydrogen-bond acceptors (Lipinski definition) is 6. The van der Waals surface area contributed by atoms with Gasteiger partial charge in [-0.05, 0) is 31.9 Å². The molecule has 0 aliphatic heterocycles. The molecule has 0 bridgehead atoms. The molecule has 8 nitrogen and oxygen atoms in total. The zero-order chi connectivity index (χ0) is 17.2. The van der Waals surface area contributed by atoms with Crippen LogP contribution < -0.4 is 4.74 Å². The number of nitroso groups, excluding NO2 is 1. The minimum absolute atomic E-state index is 0.0359. The molecule has 0 saturated carbocycles. The van der Waals surface area contributed by atoms with Gasteiger partial charge >= 0.3 is 0 Å². The molecule has 1 aromatic carbocycles. The van der Waals surface area contributed by atoms with E-state index in [-0.39, 0.29) is 19.2 Å². The summed E-state index contributed by atoms with van der Waals surface area (Å²) in [5.41, 5.74) is 0.914. The van der Waals surface area contributed by atoms with Crippen LogP contribution in [0.1, 0.15) is 19.4 Å². The Hall–Kier alpha value is -2.64. The van der Waals surface area contributed by atoms with Crippen molar-refractivity contribution in [3.8, 4) is 5.75 Å². The lowest BCUT2D eigenvalue weighted by Gasteiger charge is -2.24. The monoisotopic (exact) mass is 323 g/mol. The molecule has 0 aliphatic carbocycles. The van der Waals surface area contributed by atoms with Gasteiger partial charge in [-0.2, -0.15) is 0 Å². The zero-order valence-corrected chi connectivity index (χ0v) is 13.3. The van der Waals surface area contributed by atoms with Gasteiger partial charge < -0.3 is 9.57 Å². The maximum Gasteiger partial charge on any atom is 0.294 e. The van der Waals surface area contributed by atoms with Crippen LogP contribution in [0.25, 0.3) is 0 Å². The third kappa shape index (κ3) is 6.33. The van der Waals surface area contributed by atoms with E-state index in [2.05, 4.69) is 16.7 Å². The van der Waals surface area contributed by atoms with Crippen LogP contribution in [0.15, 0.2) is 42.2 Å². The van der Waals surface area contributed by atoms with E-state index in [9.17, 15) is 15.0 Å². The fourth-order valence-corrected chi connectivity index (χ4v) is 1.94. The number of para-hydroxylation sites is 1. The Morgan fingerprint density at radius 3 is 2.70 bits per heavy atom. The minimum atomic E-state index is -0.929. The molecule has 0 radical (unpaired) electrons. The van der Waals surface area contributed by atoms with Crippen molar-refractivity contribution in [2.75, 3.05) is 13.2 Å². The van der Waals surface area contributed by atoms with Gasteiger partial charge in [-0.3, -0.25) is 5.01 Å². The maximum absolute atomic E-state index is 10.8. The van der Waals surface area contributed by atoms with Gasteiger partial charge in [-0.15, -0.1) is 21.6 Å². The first-order chi connectivity index (χ1) is 11.0. The lowest BCUT2D eigenvalue weighted by molar-refractivity contribution is -0.768. The summed E-state index contributed by atoms with van der Waals surface area (Å²) in [6.07, 6.45) is 1.43. The molecule has 1 unspecified atom stereocenters. The fraction of sp³-hybridized carbons (Fsp3) is 0.467. The molecule has 0 N–H and O–H groups in total. The number of allylic oxidation sites excluding steroid dienone is 1. The van der Waals surface area contributed by atoms with Crippen molar-refractivity contribution in [1.29, 1.82) is 0 Å². The maximum atomic E-state index is 10.8. The van der Waals surface area contributed by atoms with Gasteiger partial charge in [-0.1, -0.05) is 24.3 Å². The normalized spacial score (nSPS) is 11.6. The number of hydrogen-bond donors (Lipinski definition) is 0. The number of nitrogens with zero attached hydrogens (tertiary/aromatic N) is 3. The summed E-state index contributed by atoms with van der Waals surface area (Å²) < 4.78 is 5.63. The van der Waals surface area contributed by atoms with E-state index in [4.69, 9.17) is 4.74 Å².